The average molecular weight is 369 g/mol. The molecule has 0 aliphatic heterocycles. The Bertz CT molecular complexity index is 845. The van der Waals surface area contributed by atoms with Crippen molar-refractivity contribution < 1.29 is 12.8 Å². The van der Waals surface area contributed by atoms with Gasteiger partial charge in [0, 0.05) is 4.47 Å². The summed E-state index contributed by atoms with van der Waals surface area (Å²) in [6.45, 7) is 1.66. The fourth-order valence-corrected chi connectivity index (χ4v) is 3.45. The molecule has 0 saturated carbocycles. The molecule has 0 amide bonds. The normalized spacial score (nSPS) is 11.0. The summed E-state index contributed by atoms with van der Waals surface area (Å²) in [5, 5.41) is 8.85. The first-order chi connectivity index (χ1) is 9.83. The smallest absolute Gasteiger partial charge is 0.261 e. The molecule has 0 saturated heterocycles. The minimum absolute atomic E-state index is 0.0372. The van der Waals surface area contributed by atoms with Crippen molar-refractivity contribution in [1.82, 2.24) is 0 Å². The minimum Gasteiger partial charge on any atom is -0.278 e. The molecule has 0 heterocycles. The fraction of sp³-hybridized carbons (Fsp3) is 0.0714. The second-order valence-electron chi connectivity index (χ2n) is 4.32. The molecule has 2 rings (SSSR count). The number of benzene rings is 2. The molecule has 0 radical (unpaired) electrons. The number of rotatable bonds is 3. The fourth-order valence-electron chi connectivity index (χ4n) is 1.70. The highest BCUT2D eigenvalue weighted by molar-refractivity contribution is 9.10. The average Bonchev–Trinajstić information content (AvgIpc) is 2.42. The van der Waals surface area contributed by atoms with Crippen LogP contribution >= 0.6 is 15.9 Å². The molecular formula is C14H10BrFN2O2S. The molecule has 108 valence electrons. The van der Waals surface area contributed by atoms with Gasteiger partial charge < -0.3 is 0 Å². The predicted molar refractivity (Wildman–Crippen MR) is 80.8 cm³/mol. The lowest BCUT2D eigenvalue weighted by atomic mass is 10.1. The number of halogens is 2. The Kier molecular flexibility index (Phi) is 4.30. The van der Waals surface area contributed by atoms with E-state index in [4.69, 9.17) is 5.26 Å². The number of hydrogen-bond acceptors (Lipinski definition) is 3. The molecular weight excluding hydrogens is 359 g/mol. The van der Waals surface area contributed by atoms with Gasteiger partial charge in [-0.2, -0.15) is 5.26 Å². The summed E-state index contributed by atoms with van der Waals surface area (Å²) in [6, 6.07) is 9.84. The van der Waals surface area contributed by atoms with Gasteiger partial charge in [0.25, 0.3) is 10.0 Å². The lowest BCUT2D eigenvalue weighted by Gasteiger charge is -2.10. The van der Waals surface area contributed by atoms with Gasteiger partial charge in [-0.15, -0.1) is 0 Å². The van der Waals surface area contributed by atoms with E-state index in [1.165, 1.54) is 30.3 Å². The first kappa shape index (κ1) is 15.5. The van der Waals surface area contributed by atoms with Crippen molar-refractivity contribution >= 4 is 31.6 Å². The molecule has 0 aliphatic carbocycles. The van der Waals surface area contributed by atoms with E-state index < -0.39 is 15.8 Å². The van der Waals surface area contributed by atoms with E-state index in [-0.39, 0.29) is 10.6 Å². The van der Waals surface area contributed by atoms with Crippen molar-refractivity contribution in [1.29, 1.82) is 5.26 Å². The quantitative estimate of drug-likeness (QED) is 0.899. The third kappa shape index (κ3) is 3.40. The van der Waals surface area contributed by atoms with Gasteiger partial charge in [-0.25, -0.2) is 12.8 Å². The molecule has 2 aromatic rings. The highest BCUT2D eigenvalue weighted by Gasteiger charge is 2.17. The molecule has 0 unspecified atom stereocenters. The van der Waals surface area contributed by atoms with Crippen LogP contribution in [0.2, 0.25) is 0 Å². The molecule has 0 fully saturated rings. The van der Waals surface area contributed by atoms with Gasteiger partial charge in [0.15, 0.2) is 0 Å². The molecule has 7 heteroatoms. The van der Waals surface area contributed by atoms with Gasteiger partial charge in [-0.1, -0.05) is 0 Å². The van der Waals surface area contributed by atoms with Crippen LogP contribution in [0.5, 0.6) is 0 Å². The van der Waals surface area contributed by atoms with Crippen molar-refractivity contribution in [2.75, 3.05) is 4.72 Å². The highest BCUT2D eigenvalue weighted by Crippen LogP contribution is 2.26. The number of sulfonamides is 1. The number of hydrogen-bond donors (Lipinski definition) is 1. The van der Waals surface area contributed by atoms with E-state index in [1.54, 1.807) is 6.92 Å². The lowest BCUT2D eigenvalue weighted by Crippen LogP contribution is -2.13. The van der Waals surface area contributed by atoms with Crippen LogP contribution in [0.1, 0.15) is 11.1 Å². The summed E-state index contributed by atoms with van der Waals surface area (Å²) in [6.07, 6.45) is 0. The predicted octanol–water partition coefficient (Wildman–Crippen LogP) is 3.57. The van der Waals surface area contributed by atoms with Gasteiger partial charge in [-0.05, 0) is 64.8 Å². The first-order valence-corrected chi connectivity index (χ1v) is 8.10. The van der Waals surface area contributed by atoms with E-state index in [0.717, 1.165) is 6.07 Å². The van der Waals surface area contributed by atoms with Crippen LogP contribution in [0.4, 0.5) is 10.1 Å². The van der Waals surface area contributed by atoms with E-state index in [0.29, 0.717) is 15.6 Å². The van der Waals surface area contributed by atoms with Crippen LogP contribution in [0, 0.1) is 24.1 Å². The Morgan fingerprint density at radius 2 is 1.95 bits per heavy atom. The molecule has 21 heavy (non-hydrogen) atoms. The molecule has 0 spiro atoms. The Morgan fingerprint density at radius 1 is 1.24 bits per heavy atom. The number of nitrogens with one attached hydrogen (secondary N) is 1. The molecule has 0 atom stereocenters. The van der Waals surface area contributed by atoms with Gasteiger partial charge in [0.2, 0.25) is 0 Å². The molecule has 2 aromatic carbocycles. The van der Waals surface area contributed by atoms with E-state index >= 15 is 0 Å². The minimum atomic E-state index is -3.81. The Morgan fingerprint density at radius 3 is 2.52 bits per heavy atom. The van der Waals surface area contributed by atoms with Gasteiger partial charge in [-0.3, -0.25) is 4.72 Å². The van der Waals surface area contributed by atoms with Gasteiger partial charge >= 0.3 is 0 Å². The third-order valence-corrected chi connectivity index (χ3v) is 4.82. The zero-order chi connectivity index (χ0) is 15.6. The first-order valence-electron chi connectivity index (χ1n) is 5.82. The van der Waals surface area contributed by atoms with Crippen LogP contribution in [0.15, 0.2) is 45.8 Å². The Labute approximate surface area is 130 Å². The van der Waals surface area contributed by atoms with Gasteiger partial charge in [0.1, 0.15) is 5.82 Å². The van der Waals surface area contributed by atoms with Crippen molar-refractivity contribution in [3.05, 3.63) is 57.8 Å². The second-order valence-corrected chi connectivity index (χ2v) is 6.85. The van der Waals surface area contributed by atoms with Crippen LogP contribution in [-0.4, -0.2) is 8.42 Å². The summed E-state index contributed by atoms with van der Waals surface area (Å²) in [5.41, 5.74) is 1.22. The Balaban J connectivity index is 2.39. The molecule has 0 bridgehead atoms. The maximum absolute atomic E-state index is 13.0. The van der Waals surface area contributed by atoms with Crippen molar-refractivity contribution in [2.45, 2.75) is 11.8 Å². The van der Waals surface area contributed by atoms with Crippen molar-refractivity contribution in [3.8, 4) is 6.07 Å². The van der Waals surface area contributed by atoms with Crippen molar-refractivity contribution in [2.24, 2.45) is 0 Å². The summed E-state index contributed by atoms with van der Waals surface area (Å²) < 4.78 is 40.2. The topological polar surface area (TPSA) is 70.0 Å². The maximum atomic E-state index is 13.0. The van der Waals surface area contributed by atoms with E-state index in [1.807, 2.05) is 6.07 Å². The van der Waals surface area contributed by atoms with Gasteiger partial charge in [0.05, 0.1) is 22.2 Å². The summed E-state index contributed by atoms with van der Waals surface area (Å²) >= 11 is 3.10. The lowest BCUT2D eigenvalue weighted by molar-refractivity contribution is 0.601. The van der Waals surface area contributed by atoms with Crippen LogP contribution in [0.3, 0.4) is 0 Å². The summed E-state index contributed by atoms with van der Waals surface area (Å²) in [5.74, 6) is -0.473. The van der Waals surface area contributed by atoms with Crippen LogP contribution in [0.25, 0.3) is 0 Å². The largest absolute Gasteiger partial charge is 0.278 e. The van der Waals surface area contributed by atoms with E-state index in [2.05, 4.69) is 20.7 Å². The standard InChI is InChI=1S/C14H10BrFN2O2S/c1-9-6-12(4-2-10(9)8-17)21(19,20)18-14-5-3-11(16)7-13(14)15/h2-7,18H,1H3. The molecule has 0 aromatic heterocycles. The number of aryl methyl sites for hydroxylation is 1. The molecule has 0 aliphatic rings. The second kappa shape index (κ2) is 5.84. The SMILES string of the molecule is Cc1cc(S(=O)(=O)Nc2ccc(F)cc2Br)ccc1C#N. The maximum Gasteiger partial charge on any atom is 0.261 e. The monoisotopic (exact) mass is 368 g/mol. The van der Waals surface area contributed by atoms with Crippen LogP contribution in [-0.2, 0) is 10.0 Å². The zero-order valence-corrected chi connectivity index (χ0v) is 13.3. The number of anilines is 1. The summed E-state index contributed by atoms with van der Waals surface area (Å²) in [4.78, 5) is 0.0372. The number of nitrogens with zero attached hydrogens (tertiary/aromatic N) is 1. The van der Waals surface area contributed by atoms with Crippen LogP contribution < -0.4 is 4.72 Å². The Hall–Kier alpha value is -1.91. The van der Waals surface area contributed by atoms with E-state index in [9.17, 15) is 12.8 Å². The summed E-state index contributed by atoms with van der Waals surface area (Å²) in [7, 11) is -3.81. The highest BCUT2D eigenvalue weighted by atomic mass is 79.9. The molecule has 1 N–H and O–H groups in total. The zero-order valence-electron chi connectivity index (χ0n) is 10.9. The van der Waals surface area contributed by atoms with Crippen molar-refractivity contribution in [3.63, 3.8) is 0 Å². The number of nitriles is 1. The third-order valence-electron chi connectivity index (χ3n) is 2.80. The molecule has 4 nitrogen and oxygen atoms in total.